The molecule has 0 aliphatic carbocycles. The van der Waals surface area contributed by atoms with Crippen molar-refractivity contribution in [3.63, 3.8) is 0 Å². The lowest BCUT2D eigenvalue weighted by Gasteiger charge is -2.11. The van der Waals surface area contributed by atoms with E-state index in [-0.39, 0.29) is 0 Å². The van der Waals surface area contributed by atoms with Crippen molar-refractivity contribution in [2.45, 2.75) is 6.92 Å². The second-order valence-corrected chi connectivity index (χ2v) is 3.22. The molecule has 0 atom stereocenters. The van der Waals surface area contributed by atoms with Gasteiger partial charge in [-0.05, 0) is 19.1 Å². The van der Waals surface area contributed by atoms with Crippen LogP contribution < -0.4 is 14.8 Å². The molecule has 0 fully saturated rings. The van der Waals surface area contributed by atoms with Crippen LogP contribution >= 0.6 is 0 Å². The Morgan fingerprint density at radius 2 is 1.94 bits per heavy atom. The summed E-state index contributed by atoms with van der Waals surface area (Å²) in [4.78, 5) is 0. The second kappa shape index (κ2) is 7.77. The first-order valence-corrected chi connectivity index (χ1v) is 5.54. The number of ether oxygens (including phenoxy) is 2. The van der Waals surface area contributed by atoms with E-state index in [0.717, 1.165) is 24.6 Å². The molecule has 16 heavy (non-hydrogen) atoms. The molecule has 0 amide bonds. The number of nitrogens with one attached hydrogen (secondary N) is 1. The Balaban J connectivity index is 2.37. The largest absolute Gasteiger partial charge is 0.490 e. The van der Waals surface area contributed by atoms with E-state index in [1.165, 1.54) is 0 Å². The minimum Gasteiger partial charge on any atom is -0.490 e. The molecule has 0 aliphatic rings. The van der Waals surface area contributed by atoms with Gasteiger partial charge < -0.3 is 14.8 Å². The van der Waals surface area contributed by atoms with Gasteiger partial charge in [0.25, 0.3) is 0 Å². The summed E-state index contributed by atoms with van der Waals surface area (Å²) >= 11 is 0. The van der Waals surface area contributed by atoms with Gasteiger partial charge in [0.1, 0.15) is 6.61 Å². The number of rotatable bonds is 8. The third kappa shape index (κ3) is 4.36. The molecule has 3 heteroatoms. The van der Waals surface area contributed by atoms with E-state index >= 15 is 0 Å². The van der Waals surface area contributed by atoms with Crippen LogP contribution in [0.5, 0.6) is 11.5 Å². The Bertz CT molecular complexity index is 313. The average molecular weight is 221 g/mol. The molecule has 0 radical (unpaired) electrons. The number of hydrogen-bond acceptors (Lipinski definition) is 3. The lowest BCUT2D eigenvalue weighted by molar-refractivity contribution is 0.277. The van der Waals surface area contributed by atoms with Gasteiger partial charge in [-0.2, -0.15) is 0 Å². The molecule has 0 saturated heterocycles. The first kappa shape index (κ1) is 12.6. The molecule has 88 valence electrons. The predicted molar refractivity (Wildman–Crippen MR) is 66.2 cm³/mol. The zero-order chi connectivity index (χ0) is 11.6. The average Bonchev–Trinajstić information content (AvgIpc) is 2.31. The van der Waals surface area contributed by atoms with Crippen LogP contribution in [0.1, 0.15) is 6.92 Å². The van der Waals surface area contributed by atoms with Crippen LogP contribution in [-0.4, -0.2) is 26.3 Å². The summed E-state index contributed by atoms with van der Waals surface area (Å²) in [7, 11) is 0. The maximum absolute atomic E-state index is 5.61. The standard InChI is InChI=1S/C13H19NO2/c1-3-9-14-10-11-16-13-8-6-5-7-12(13)15-4-2/h3,5-8,14H,1,4,9-11H2,2H3. The highest BCUT2D eigenvalue weighted by molar-refractivity contribution is 5.39. The van der Waals surface area contributed by atoms with Crippen molar-refractivity contribution in [1.29, 1.82) is 0 Å². The van der Waals surface area contributed by atoms with Crippen LogP contribution in [0.15, 0.2) is 36.9 Å². The van der Waals surface area contributed by atoms with Crippen LogP contribution in [0.25, 0.3) is 0 Å². The zero-order valence-electron chi connectivity index (χ0n) is 9.74. The molecule has 0 spiro atoms. The Kier molecular flexibility index (Phi) is 6.11. The molecule has 1 aromatic carbocycles. The quantitative estimate of drug-likeness (QED) is 0.539. The molecule has 0 aromatic heterocycles. The highest BCUT2D eigenvalue weighted by Crippen LogP contribution is 2.25. The predicted octanol–water partition coefficient (Wildman–Crippen LogP) is 2.24. The van der Waals surface area contributed by atoms with Crippen molar-refractivity contribution >= 4 is 0 Å². The van der Waals surface area contributed by atoms with E-state index in [4.69, 9.17) is 9.47 Å². The fraction of sp³-hybridized carbons (Fsp3) is 0.385. The highest BCUT2D eigenvalue weighted by atomic mass is 16.5. The summed E-state index contributed by atoms with van der Waals surface area (Å²) in [6, 6.07) is 7.71. The van der Waals surface area contributed by atoms with E-state index < -0.39 is 0 Å². The van der Waals surface area contributed by atoms with E-state index in [1.807, 2.05) is 37.3 Å². The molecule has 3 nitrogen and oxygen atoms in total. The molecule has 1 N–H and O–H groups in total. The number of benzene rings is 1. The van der Waals surface area contributed by atoms with E-state index in [1.54, 1.807) is 0 Å². The maximum Gasteiger partial charge on any atom is 0.161 e. The minimum absolute atomic E-state index is 0.623. The van der Waals surface area contributed by atoms with Gasteiger partial charge in [0.2, 0.25) is 0 Å². The van der Waals surface area contributed by atoms with Crippen LogP contribution in [0.4, 0.5) is 0 Å². The molecule has 1 rings (SSSR count). The summed E-state index contributed by atoms with van der Waals surface area (Å²) in [5.41, 5.74) is 0. The van der Waals surface area contributed by atoms with Crippen LogP contribution in [0.2, 0.25) is 0 Å². The lowest BCUT2D eigenvalue weighted by Crippen LogP contribution is -2.20. The number of hydrogen-bond donors (Lipinski definition) is 1. The van der Waals surface area contributed by atoms with Crippen LogP contribution in [0, 0.1) is 0 Å². The SMILES string of the molecule is C=CCNCCOc1ccccc1OCC. The summed E-state index contributed by atoms with van der Waals surface area (Å²) < 4.78 is 11.1. The van der Waals surface area contributed by atoms with Crippen LogP contribution in [0.3, 0.4) is 0 Å². The first-order valence-electron chi connectivity index (χ1n) is 5.54. The molecule has 0 bridgehead atoms. The van der Waals surface area contributed by atoms with Crippen molar-refractivity contribution in [3.05, 3.63) is 36.9 Å². The zero-order valence-corrected chi connectivity index (χ0v) is 9.74. The molecule has 0 aliphatic heterocycles. The van der Waals surface area contributed by atoms with Crippen molar-refractivity contribution in [1.82, 2.24) is 5.32 Å². The Hall–Kier alpha value is -1.48. The Labute approximate surface area is 97.1 Å². The Morgan fingerprint density at radius 1 is 1.25 bits per heavy atom. The van der Waals surface area contributed by atoms with E-state index in [2.05, 4.69) is 11.9 Å². The highest BCUT2D eigenvalue weighted by Gasteiger charge is 2.02. The normalized spacial score (nSPS) is 9.81. The third-order valence-electron chi connectivity index (χ3n) is 1.97. The van der Waals surface area contributed by atoms with Crippen molar-refractivity contribution in [3.8, 4) is 11.5 Å². The summed E-state index contributed by atoms with van der Waals surface area (Å²) in [6.45, 7) is 8.46. The summed E-state index contributed by atoms with van der Waals surface area (Å²) in [6.07, 6.45) is 1.83. The second-order valence-electron chi connectivity index (χ2n) is 3.22. The smallest absolute Gasteiger partial charge is 0.161 e. The Morgan fingerprint density at radius 3 is 2.56 bits per heavy atom. The third-order valence-corrected chi connectivity index (χ3v) is 1.97. The van der Waals surface area contributed by atoms with Gasteiger partial charge in [0.05, 0.1) is 6.61 Å². The van der Waals surface area contributed by atoms with Gasteiger partial charge in [-0.1, -0.05) is 18.2 Å². The molecule has 0 heterocycles. The van der Waals surface area contributed by atoms with Gasteiger partial charge in [0, 0.05) is 13.1 Å². The van der Waals surface area contributed by atoms with Crippen molar-refractivity contribution in [2.75, 3.05) is 26.3 Å². The monoisotopic (exact) mass is 221 g/mol. The first-order chi connectivity index (χ1) is 7.88. The van der Waals surface area contributed by atoms with Gasteiger partial charge in [-0.3, -0.25) is 0 Å². The fourth-order valence-electron chi connectivity index (χ4n) is 1.28. The molecule has 0 saturated carbocycles. The van der Waals surface area contributed by atoms with Crippen molar-refractivity contribution in [2.24, 2.45) is 0 Å². The molecule has 1 aromatic rings. The summed E-state index contributed by atoms with van der Waals surface area (Å²) in [5, 5.41) is 3.17. The minimum atomic E-state index is 0.623. The summed E-state index contributed by atoms with van der Waals surface area (Å²) in [5.74, 6) is 1.60. The van der Waals surface area contributed by atoms with E-state index in [0.29, 0.717) is 13.2 Å². The van der Waals surface area contributed by atoms with Gasteiger partial charge >= 0.3 is 0 Å². The van der Waals surface area contributed by atoms with Gasteiger partial charge in [-0.15, -0.1) is 6.58 Å². The maximum atomic E-state index is 5.61. The van der Waals surface area contributed by atoms with E-state index in [9.17, 15) is 0 Å². The fourth-order valence-corrected chi connectivity index (χ4v) is 1.28. The van der Waals surface area contributed by atoms with Gasteiger partial charge in [-0.25, -0.2) is 0 Å². The van der Waals surface area contributed by atoms with Crippen molar-refractivity contribution < 1.29 is 9.47 Å². The van der Waals surface area contributed by atoms with Crippen LogP contribution in [-0.2, 0) is 0 Å². The van der Waals surface area contributed by atoms with Gasteiger partial charge in [0.15, 0.2) is 11.5 Å². The molecular formula is C13H19NO2. The molecule has 0 unspecified atom stereocenters. The molecular weight excluding hydrogens is 202 g/mol. The lowest BCUT2D eigenvalue weighted by atomic mass is 10.3. The topological polar surface area (TPSA) is 30.5 Å². The number of para-hydroxylation sites is 2.